The van der Waals surface area contributed by atoms with Crippen LogP contribution in [-0.2, 0) is 22.7 Å². The van der Waals surface area contributed by atoms with E-state index in [1.54, 1.807) is 60.7 Å². The van der Waals surface area contributed by atoms with E-state index in [4.69, 9.17) is 45.3 Å². The molecule has 8 nitrogen and oxygen atoms in total. The summed E-state index contributed by atoms with van der Waals surface area (Å²) in [5.41, 5.74) is 9.12. The fourth-order valence-electron chi connectivity index (χ4n) is 4.85. The third-order valence-corrected chi connectivity index (χ3v) is 7.74. The number of carbonyl (C=O) groups excluding carboxylic acids is 3. The number of anilines is 2. The van der Waals surface area contributed by atoms with Gasteiger partial charge in [-0.25, -0.2) is 0 Å². The molecular formula is C32H27Cl3N4O4. The molecule has 0 fully saturated rings. The Hall–Kier alpha value is -4.08. The van der Waals surface area contributed by atoms with E-state index in [0.717, 1.165) is 11.1 Å². The van der Waals surface area contributed by atoms with Crippen molar-refractivity contribution < 1.29 is 19.1 Å². The van der Waals surface area contributed by atoms with Crippen LogP contribution in [0.3, 0.4) is 0 Å². The van der Waals surface area contributed by atoms with Crippen LogP contribution in [0.5, 0.6) is 5.75 Å². The molecule has 0 aliphatic carbocycles. The molecule has 0 saturated carbocycles. The van der Waals surface area contributed by atoms with Crippen molar-refractivity contribution in [3.05, 3.63) is 122 Å². The van der Waals surface area contributed by atoms with Crippen molar-refractivity contribution in [1.82, 2.24) is 5.32 Å². The normalized spacial score (nSPS) is 14.4. The van der Waals surface area contributed by atoms with Crippen LogP contribution in [0.15, 0.2) is 84.9 Å². The Bertz CT molecular complexity index is 1680. The lowest BCUT2D eigenvalue weighted by atomic mass is 10.0. The van der Waals surface area contributed by atoms with E-state index in [1.165, 1.54) is 4.90 Å². The third-order valence-electron chi connectivity index (χ3n) is 6.93. The second-order valence-electron chi connectivity index (χ2n) is 9.88. The maximum atomic E-state index is 13.8. The standard InChI is InChI=1S/C32H27Cl3N4O4/c33-22-5-8-24(9-6-22)43-18-31(41)39-28-11-4-21(32(42)37-17-20-3-1-2-19(12-20)16-36)13-27(28)38-30(40)15-29(39)25-10-7-23(34)14-26(25)35/h1-14,29H,15-18,36H2,(H,37,42)(H,38,40). The number of ether oxygens (including phenoxy) is 1. The van der Waals surface area contributed by atoms with E-state index < -0.39 is 11.9 Å². The summed E-state index contributed by atoms with van der Waals surface area (Å²) in [6.07, 6.45) is -0.0955. The van der Waals surface area contributed by atoms with Gasteiger partial charge in [0.2, 0.25) is 5.91 Å². The number of benzene rings is 4. The second kappa shape index (κ2) is 13.5. The van der Waals surface area contributed by atoms with Crippen LogP contribution < -0.4 is 26.0 Å². The molecule has 4 aromatic rings. The van der Waals surface area contributed by atoms with Gasteiger partial charge in [-0.05, 0) is 71.3 Å². The van der Waals surface area contributed by atoms with Crippen molar-refractivity contribution in [3.63, 3.8) is 0 Å². The minimum Gasteiger partial charge on any atom is -0.484 e. The number of rotatable bonds is 8. The van der Waals surface area contributed by atoms with E-state index >= 15 is 0 Å². The molecule has 1 aliphatic rings. The molecule has 5 rings (SSSR count). The number of hydrogen-bond donors (Lipinski definition) is 3. The summed E-state index contributed by atoms with van der Waals surface area (Å²) in [4.78, 5) is 41.6. The molecule has 4 N–H and O–H groups in total. The number of amides is 3. The molecule has 1 atom stereocenters. The van der Waals surface area contributed by atoms with Crippen molar-refractivity contribution in [2.24, 2.45) is 5.73 Å². The Balaban J connectivity index is 1.46. The topological polar surface area (TPSA) is 114 Å². The Kier molecular flexibility index (Phi) is 9.52. The first-order chi connectivity index (χ1) is 20.7. The second-order valence-corrected chi connectivity index (χ2v) is 11.2. The van der Waals surface area contributed by atoms with E-state index in [-0.39, 0.29) is 24.8 Å². The summed E-state index contributed by atoms with van der Waals surface area (Å²) in [6, 6.07) is 23.1. The highest BCUT2D eigenvalue weighted by atomic mass is 35.5. The number of carbonyl (C=O) groups is 3. The van der Waals surface area contributed by atoms with Gasteiger partial charge in [-0.15, -0.1) is 0 Å². The fraction of sp³-hybridized carbons (Fsp3) is 0.156. The van der Waals surface area contributed by atoms with Gasteiger partial charge < -0.3 is 21.1 Å². The minimum atomic E-state index is -0.776. The molecule has 43 heavy (non-hydrogen) atoms. The highest BCUT2D eigenvalue weighted by molar-refractivity contribution is 6.35. The van der Waals surface area contributed by atoms with Gasteiger partial charge in [-0.3, -0.25) is 19.3 Å². The predicted molar refractivity (Wildman–Crippen MR) is 169 cm³/mol. The smallest absolute Gasteiger partial charge is 0.265 e. The Morgan fingerprint density at radius 2 is 1.67 bits per heavy atom. The first-order valence-corrected chi connectivity index (χ1v) is 14.5. The first-order valence-electron chi connectivity index (χ1n) is 13.4. The summed E-state index contributed by atoms with van der Waals surface area (Å²) in [7, 11) is 0. The molecule has 220 valence electrons. The molecule has 1 aliphatic heterocycles. The van der Waals surface area contributed by atoms with Crippen molar-refractivity contribution in [2.45, 2.75) is 25.6 Å². The van der Waals surface area contributed by atoms with Gasteiger partial charge >= 0.3 is 0 Å². The van der Waals surface area contributed by atoms with E-state index in [9.17, 15) is 14.4 Å². The van der Waals surface area contributed by atoms with Crippen LogP contribution in [0.4, 0.5) is 11.4 Å². The molecule has 3 amide bonds. The zero-order valence-electron chi connectivity index (χ0n) is 22.8. The van der Waals surface area contributed by atoms with Crippen molar-refractivity contribution in [3.8, 4) is 5.75 Å². The number of nitrogens with one attached hydrogen (secondary N) is 2. The van der Waals surface area contributed by atoms with Crippen LogP contribution in [0.25, 0.3) is 0 Å². The molecule has 0 radical (unpaired) electrons. The lowest BCUT2D eigenvalue weighted by Gasteiger charge is -2.31. The zero-order valence-corrected chi connectivity index (χ0v) is 25.0. The van der Waals surface area contributed by atoms with Gasteiger partial charge in [0.25, 0.3) is 11.8 Å². The zero-order chi connectivity index (χ0) is 30.5. The SMILES string of the molecule is NCc1cccc(CNC(=O)c2ccc3c(c2)NC(=O)CC(c2ccc(Cl)cc2Cl)N3C(=O)COc2ccc(Cl)cc2)c1. The van der Waals surface area contributed by atoms with Crippen molar-refractivity contribution in [2.75, 3.05) is 16.8 Å². The molecule has 11 heteroatoms. The summed E-state index contributed by atoms with van der Waals surface area (Å²) < 4.78 is 5.76. The van der Waals surface area contributed by atoms with E-state index in [0.29, 0.717) is 56.4 Å². The quantitative estimate of drug-likeness (QED) is 0.203. The van der Waals surface area contributed by atoms with Gasteiger partial charge in [-0.2, -0.15) is 0 Å². The maximum absolute atomic E-state index is 13.8. The number of fused-ring (bicyclic) bond motifs is 1. The highest BCUT2D eigenvalue weighted by Gasteiger charge is 2.35. The number of nitrogens with two attached hydrogens (primary N) is 1. The Morgan fingerprint density at radius 1 is 0.930 bits per heavy atom. The minimum absolute atomic E-state index is 0.0955. The third kappa shape index (κ3) is 7.29. The lowest BCUT2D eigenvalue weighted by molar-refractivity contribution is -0.121. The molecule has 0 spiro atoms. The Morgan fingerprint density at radius 3 is 2.42 bits per heavy atom. The molecule has 1 unspecified atom stereocenters. The van der Waals surface area contributed by atoms with Crippen molar-refractivity contribution >= 4 is 63.9 Å². The highest BCUT2D eigenvalue weighted by Crippen LogP contribution is 2.41. The van der Waals surface area contributed by atoms with Crippen LogP contribution in [-0.4, -0.2) is 24.3 Å². The van der Waals surface area contributed by atoms with Gasteiger partial charge in [0.1, 0.15) is 5.75 Å². The van der Waals surface area contributed by atoms with E-state index in [2.05, 4.69) is 10.6 Å². The summed E-state index contributed by atoms with van der Waals surface area (Å²) >= 11 is 18.7. The summed E-state index contributed by atoms with van der Waals surface area (Å²) in [5, 5.41) is 7.00. The predicted octanol–water partition coefficient (Wildman–Crippen LogP) is 6.53. The van der Waals surface area contributed by atoms with E-state index in [1.807, 2.05) is 24.3 Å². The molecular weight excluding hydrogens is 611 g/mol. The summed E-state index contributed by atoms with van der Waals surface area (Å²) in [5.74, 6) is -0.684. The van der Waals surface area contributed by atoms with Crippen LogP contribution >= 0.6 is 34.8 Å². The molecule has 0 aromatic heterocycles. The van der Waals surface area contributed by atoms with Crippen LogP contribution in [0.1, 0.15) is 39.5 Å². The van der Waals surface area contributed by atoms with Gasteiger partial charge in [0.05, 0.1) is 23.8 Å². The average Bonchev–Trinajstić information content (AvgIpc) is 3.14. The summed E-state index contributed by atoms with van der Waals surface area (Å²) in [6.45, 7) is 0.357. The largest absolute Gasteiger partial charge is 0.484 e. The van der Waals surface area contributed by atoms with Crippen LogP contribution in [0, 0.1) is 0 Å². The molecule has 1 heterocycles. The van der Waals surface area contributed by atoms with Gasteiger partial charge in [-0.1, -0.05) is 65.1 Å². The van der Waals surface area contributed by atoms with Crippen molar-refractivity contribution in [1.29, 1.82) is 0 Å². The number of hydrogen-bond acceptors (Lipinski definition) is 5. The van der Waals surface area contributed by atoms with Crippen LogP contribution in [0.2, 0.25) is 15.1 Å². The number of halogens is 3. The average molecular weight is 638 g/mol. The first kappa shape index (κ1) is 30.4. The molecule has 4 aromatic carbocycles. The molecule has 0 bridgehead atoms. The monoisotopic (exact) mass is 636 g/mol. The van der Waals surface area contributed by atoms with Gasteiger partial charge in [0, 0.05) is 33.7 Å². The maximum Gasteiger partial charge on any atom is 0.265 e. The lowest BCUT2D eigenvalue weighted by Crippen LogP contribution is -2.38. The van der Waals surface area contributed by atoms with Gasteiger partial charge in [0.15, 0.2) is 6.61 Å². The Labute approximate surface area is 263 Å². The fourth-order valence-corrected chi connectivity index (χ4v) is 5.51. The molecule has 0 saturated heterocycles. The number of nitrogens with zero attached hydrogens (tertiary/aromatic N) is 1.